The fraction of sp³-hybridized carbons (Fsp3) is 0.364. The smallest absolute Gasteiger partial charge is 0.161 e. The number of carbonyl (C=O) groups excluding carboxylic acids is 1. The number of benzene rings is 1. The van der Waals surface area contributed by atoms with Crippen LogP contribution >= 0.6 is 0 Å². The predicted molar refractivity (Wildman–Crippen MR) is 53.4 cm³/mol. The summed E-state index contributed by atoms with van der Waals surface area (Å²) in [6, 6.07) is 2.84. The number of nitrogens with zero attached hydrogens (tertiary/aromatic N) is 1. The summed E-state index contributed by atoms with van der Waals surface area (Å²) in [5, 5.41) is 0. The van der Waals surface area contributed by atoms with Gasteiger partial charge in [0.05, 0.1) is 5.69 Å². The molecule has 0 bridgehead atoms. The minimum atomic E-state index is -0.316. The van der Waals surface area contributed by atoms with Crippen molar-refractivity contribution in [2.75, 3.05) is 18.5 Å². The second-order valence-corrected chi connectivity index (χ2v) is 3.69. The molecule has 1 aliphatic rings. The van der Waals surface area contributed by atoms with Gasteiger partial charge in [-0.05, 0) is 31.0 Å². The van der Waals surface area contributed by atoms with Crippen molar-refractivity contribution >= 4 is 11.5 Å². The number of hydrogen-bond donors (Lipinski definition) is 0. The molecule has 0 radical (unpaired) electrons. The molecule has 0 spiro atoms. The van der Waals surface area contributed by atoms with E-state index in [4.69, 9.17) is 0 Å². The molecular formula is C11H12FNO. The van der Waals surface area contributed by atoms with Crippen LogP contribution in [-0.4, -0.2) is 19.4 Å². The number of halogens is 1. The molecule has 0 aromatic heterocycles. The minimum Gasteiger partial charge on any atom is -0.373 e. The summed E-state index contributed by atoms with van der Waals surface area (Å²) >= 11 is 0. The lowest BCUT2D eigenvalue weighted by Crippen LogP contribution is -2.15. The maximum atomic E-state index is 13.1. The Morgan fingerprint density at radius 2 is 2.21 bits per heavy atom. The molecule has 1 aliphatic heterocycles. The van der Waals surface area contributed by atoms with Gasteiger partial charge in [-0.1, -0.05) is 0 Å². The first-order chi connectivity index (χ1) is 6.59. The van der Waals surface area contributed by atoms with Crippen LogP contribution in [0.2, 0.25) is 0 Å². The Labute approximate surface area is 82.3 Å². The Bertz CT molecular complexity index is 401. The van der Waals surface area contributed by atoms with Crippen molar-refractivity contribution in [3.8, 4) is 0 Å². The van der Waals surface area contributed by atoms with Gasteiger partial charge in [0.25, 0.3) is 0 Å². The largest absolute Gasteiger partial charge is 0.373 e. The fourth-order valence-corrected chi connectivity index (χ4v) is 1.97. The van der Waals surface area contributed by atoms with Crippen LogP contribution in [0.4, 0.5) is 10.1 Å². The van der Waals surface area contributed by atoms with Crippen LogP contribution in [0, 0.1) is 5.82 Å². The van der Waals surface area contributed by atoms with Crippen LogP contribution in [0.5, 0.6) is 0 Å². The summed E-state index contributed by atoms with van der Waals surface area (Å²) < 4.78 is 13.1. The normalized spacial score (nSPS) is 14.4. The molecule has 1 aromatic rings. The van der Waals surface area contributed by atoms with Gasteiger partial charge < -0.3 is 4.90 Å². The van der Waals surface area contributed by atoms with Crippen molar-refractivity contribution in [2.45, 2.75) is 13.3 Å². The minimum absolute atomic E-state index is 0.0745. The van der Waals surface area contributed by atoms with Gasteiger partial charge in [-0.2, -0.15) is 0 Å². The van der Waals surface area contributed by atoms with E-state index in [2.05, 4.69) is 0 Å². The van der Waals surface area contributed by atoms with Crippen LogP contribution in [0.15, 0.2) is 12.1 Å². The molecule has 0 saturated carbocycles. The highest BCUT2D eigenvalue weighted by Gasteiger charge is 2.22. The summed E-state index contributed by atoms with van der Waals surface area (Å²) in [6.07, 6.45) is 0.823. The number of anilines is 1. The monoisotopic (exact) mass is 193 g/mol. The Balaban J connectivity index is 2.65. The topological polar surface area (TPSA) is 20.3 Å². The SMILES string of the molecule is CC(=O)c1cc(F)cc2c1N(C)CC2. The number of carbonyl (C=O) groups is 1. The zero-order valence-corrected chi connectivity index (χ0v) is 8.30. The molecule has 14 heavy (non-hydrogen) atoms. The second-order valence-electron chi connectivity index (χ2n) is 3.69. The summed E-state index contributed by atoms with van der Waals surface area (Å²) in [6.45, 7) is 2.33. The molecule has 0 atom stereocenters. The molecule has 2 nitrogen and oxygen atoms in total. The molecule has 0 fully saturated rings. The van der Waals surface area contributed by atoms with Gasteiger partial charge in [0.2, 0.25) is 0 Å². The lowest BCUT2D eigenvalue weighted by molar-refractivity contribution is 0.101. The zero-order chi connectivity index (χ0) is 10.3. The van der Waals surface area contributed by atoms with E-state index < -0.39 is 0 Å². The Kier molecular flexibility index (Phi) is 2.02. The van der Waals surface area contributed by atoms with Crippen LogP contribution in [-0.2, 0) is 6.42 Å². The quantitative estimate of drug-likeness (QED) is 0.636. The van der Waals surface area contributed by atoms with Gasteiger partial charge >= 0.3 is 0 Å². The van der Waals surface area contributed by atoms with Gasteiger partial charge in [-0.15, -0.1) is 0 Å². The number of hydrogen-bond acceptors (Lipinski definition) is 2. The van der Waals surface area contributed by atoms with E-state index in [9.17, 15) is 9.18 Å². The van der Waals surface area contributed by atoms with Crippen molar-refractivity contribution in [1.82, 2.24) is 0 Å². The molecule has 3 heteroatoms. The molecule has 1 heterocycles. The standard InChI is InChI=1S/C11H12FNO/c1-7(14)10-6-9(12)5-8-3-4-13(2)11(8)10/h5-6H,3-4H2,1-2H3. The van der Waals surface area contributed by atoms with E-state index >= 15 is 0 Å². The molecule has 74 valence electrons. The van der Waals surface area contributed by atoms with Gasteiger partial charge in [-0.25, -0.2) is 4.39 Å². The average Bonchev–Trinajstić information content (AvgIpc) is 2.46. The lowest BCUT2D eigenvalue weighted by Gasteiger charge is -2.15. The number of ketones is 1. The zero-order valence-electron chi connectivity index (χ0n) is 8.30. The lowest BCUT2D eigenvalue weighted by atomic mass is 10.0. The maximum absolute atomic E-state index is 13.1. The molecule has 0 unspecified atom stereocenters. The summed E-state index contributed by atoms with van der Waals surface area (Å²) in [5.74, 6) is -0.390. The van der Waals surface area contributed by atoms with Gasteiger partial charge in [0, 0.05) is 19.2 Å². The van der Waals surface area contributed by atoms with Crippen LogP contribution in [0.1, 0.15) is 22.8 Å². The summed E-state index contributed by atoms with van der Waals surface area (Å²) in [4.78, 5) is 13.3. The molecule has 0 saturated heterocycles. The molecule has 2 rings (SSSR count). The highest BCUT2D eigenvalue weighted by atomic mass is 19.1. The van der Waals surface area contributed by atoms with Crippen molar-refractivity contribution in [2.24, 2.45) is 0 Å². The van der Waals surface area contributed by atoms with Crippen LogP contribution < -0.4 is 4.90 Å². The number of Topliss-reactive ketones (excluding diaryl/α,β-unsaturated/α-hetero) is 1. The summed E-state index contributed by atoms with van der Waals surface area (Å²) in [5.41, 5.74) is 2.34. The molecular weight excluding hydrogens is 181 g/mol. The van der Waals surface area contributed by atoms with Crippen molar-refractivity contribution < 1.29 is 9.18 Å². The van der Waals surface area contributed by atoms with Crippen molar-refractivity contribution in [3.05, 3.63) is 29.1 Å². The van der Waals surface area contributed by atoms with E-state index in [1.807, 2.05) is 11.9 Å². The molecule has 0 aliphatic carbocycles. The summed E-state index contributed by atoms with van der Waals surface area (Å²) in [7, 11) is 1.93. The highest BCUT2D eigenvalue weighted by Crippen LogP contribution is 2.31. The van der Waals surface area contributed by atoms with Gasteiger partial charge in [0.1, 0.15) is 5.82 Å². The Morgan fingerprint density at radius 3 is 2.86 bits per heavy atom. The number of rotatable bonds is 1. The number of likely N-dealkylation sites (N-methyl/N-ethyl adjacent to an activating group) is 1. The van der Waals surface area contributed by atoms with E-state index in [-0.39, 0.29) is 11.6 Å². The fourth-order valence-electron chi connectivity index (χ4n) is 1.97. The van der Waals surface area contributed by atoms with Gasteiger partial charge in [-0.3, -0.25) is 4.79 Å². The maximum Gasteiger partial charge on any atom is 0.161 e. The highest BCUT2D eigenvalue weighted by molar-refractivity contribution is 6.00. The van der Waals surface area contributed by atoms with Crippen molar-refractivity contribution in [3.63, 3.8) is 0 Å². The second kappa shape index (κ2) is 3.08. The Hall–Kier alpha value is -1.38. The third-order valence-corrected chi connectivity index (χ3v) is 2.63. The average molecular weight is 193 g/mol. The molecule has 0 amide bonds. The van der Waals surface area contributed by atoms with E-state index in [1.54, 1.807) is 0 Å². The Morgan fingerprint density at radius 1 is 1.50 bits per heavy atom. The van der Waals surface area contributed by atoms with Gasteiger partial charge in [0.15, 0.2) is 5.78 Å². The van der Waals surface area contributed by atoms with E-state index in [0.29, 0.717) is 5.56 Å². The predicted octanol–water partition coefficient (Wildman–Crippen LogP) is 2.02. The first-order valence-electron chi connectivity index (χ1n) is 4.64. The number of fused-ring (bicyclic) bond motifs is 1. The first-order valence-corrected chi connectivity index (χ1v) is 4.64. The van der Waals surface area contributed by atoms with Crippen LogP contribution in [0.25, 0.3) is 0 Å². The first kappa shape index (κ1) is 9.19. The molecule has 1 aromatic carbocycles. The van der Waals surface area contributed by atoms with E-state index in [1.165, 1.54) is 19.1 Å². The van der Waals surface area contributed by atoms with Crippen molar-refractivity contribution in [1.29, 1.82) is 0 Å². The van der Waals surface area contributed by atoms with Crippen LogP contribution in [0.3, 0.4) is 0 Å². The van der Waals surface area contributed by atoms with E-state index in [0.717, 1.165) is 24.2 Å². The third kappa shape index (κ3) is 1.29. The molecule has 0 N–H and O–H groups in total. The third-order valence-electron chi connectivity index (χ3n) is 2.63.